The minimum atomic E-state index is -3.85. The highest BCUT2D eigenvalue weighted by molar-refractivity contribution is 7.92. The van der Waals surface area contributed by atoms with Gasteiger partial charge < -0.3 is 0 Å². The van der Waals surface area contributed by atoms with Gasteiger partial charge in [-0.3, -0.25) is 4.72 Å². The van der Waals surface area contributed by atoms with Crippen LogP contribution in [0, 0.1) is 17.7 Å². The molecule has 0 aliphatic carbocycles. The van der Waals surface area contributed by atoms with E-state index >= 15 is 0 Å². The fourth-order valence-electron chi connectivity index (χ4n) is 1.99. The first-order valence-corrected chi connectivity index (χ1v) is 9.33. The molecule has 1 N–H and O–H groups in total. The molecule has 0 spiro atoms. The lowest BCUT2D eigenvalue weighted by molar-refractivity contribution is 0.595. The Labute approximate surface area is 143 Å². The zero-order valence-corrected chi connectivity index (χ0v) is 14.0. The summed E-state index contributed by atoms with van der Waals surface area (Å²) >= 11 is 1.53. The predicted octanol–water partition coefficient (Wildman–Crippen LogP) is 4.09. The van der Waals surface area contributed by atoms with Crippen LogP contribution in [0.1, 0.15) is 10.4 Å². The van der Waals surface area contributed by atoms with E-state index in [4.69, 9.17) is 0 Å². The first kappa shape index (κ1) is 16.2. The van der Waals surface area contributed by atoms with Gasteiger partial charge in [-0.05, 0) is 47.8 Å². The highest BCUT2D eigenvalue weighted by Gasteiger charge is 2.14. The van der Waals surface area contributed by atoms with Crippen molar-refractivity contribution in [1.82, 2.24) is 0 Å². The van der Waals surface area contributed by atoms with E-state index in [0.717, 1.165) is 10.9 Å². The minimum Gasteiger partial charge on any atom is -0.280 e. The number of thiophene rings is 1. The van der Waals surface area contributed by atoms with Gasteiger partial charge in [-0.2, -0.15) is 0 Å². The standard InChI is InChI=1S/C18H12FNO2S2/c19-15-5-2-8-18(13-15)24(21,22)20-16-6-1-4-14(12-16)9-10-17-7-3-11-23-17/h1-8,11-13,20H. The molecule has 0 aliphatic heterocycles. The van der Waals surface area contributed by atoms with Gasteiger partial charge in [0.05, 0.1) is 15.5 Å². The van der Waals surface area contributed by atoms with E-state index in [9.17, 15) is 12.8 Å². The van der Waals surface area contributed by atoms with Gasteiger partial charge in [-0.25, -0.2) is 12.8 Å². The van der Waals surface area contributed by atoms with Crippen molar-refractivity contribution >= 4 is 27.0 Å². The third-order valence-corrected chi connectivity index (χ3v) is 5.24. The summed E-state index contributed by atoms with van der Waals surface area (Å²) in [6.45, 7) is 0. The summed E-state index contributed by atoms with van der Waals surface area (Å²) in [5.74, 6) is 5.40. The molecule has 3 nitrogen and oxygen atoms in total. The Balaban J connectivity index is 1.84. The third-order valence-electron chi connectivity index (χ3n) is 3.07. The number of hydrogen-bond donors (Lipinski definition) is 1. The molecule has 1 heterocycles. The Kier molecular flexibility index (Phi) is 4.65. The van der Waals surface area contributed by atoms with Crippen molar-refractivity contribution in [2.75, 3.05) is 4.72 Å². The summed E-state index contributed by atoms with van der Waals surface area (Å²) in [4.78, 5) is 0.804. The van der Waals surface area contributed by atoms with Crippen molar-refractivity contribution in [3.63, 3.8) is 0 Å². The van der Waals surface area contributed by atoms with Gasteiger partial charge in [0.1, 0.15) is 5.82 Å². The smallest absolute Gasteiger partial charge is 0.261 e. The SMILES string of the molecule is O=S(=O)(Nc1cccc(C#Cc2cccs2)c1)c1cccc(F)c1. The third kappa shape index (κ3) is 4.02. The van der Waals surface area contributed by atoms with Crippen molar-refractivity contribution in [3.8, 4) is 11.8 Å². The molecule has 0 aliphatic rings. The minimum absolute atomic E-state index is 0.127. The van der Waals surface area contributed by atoms with Crippen LogP contribution in [0.5, 0.6) is 0 Å². The van der Waals surface area contributed by atoms with Crippen LogP contribution in [-0.2, 0) is 10.0 Å². The van der Waals surface area contributed by atoms with E-state index in [1.54, 1.807) is 24.3 Å². The van der Waals surface area contributed by atoms with E-state index in [2.05, 4.69) is 16.6 Å². The summed E-state index contributed by atoms with van der Waals surface area (Å²) in [7, 11) is -3.85. The van der Waals surface area contributed by atoms with Crippen LogP contribution in [0.2, 0.25) is 0 Å². The lowest BCUT2D eigenvalue weighted by atomic mass is 10.2. The zero-order valence-electron chi connectivity index (χ0n) is 12.4. The Morgan fingerprint density at radius 2 is 1.79 bits per heavy atom. The lowest BCUT2D eigenvalue weighted by Gasteiger charge is -2.08. The molecular formula is C18H12FNO2S2. The predicted molar refractivity (Wildman–Crippen MR) is 93.9 cm³/mol. The van der Waals surface area contributed by atoms with Gasteiger partial charge in [-0.15, -0.1) is 11.3 Å². The molecule has 3 aromatic rings. The molecule has 0 unspecified atom stereocenters. The molecule has 24 heavy (non-hydrogen) atoms. The summed E-state index contributed by atoms with van der Waals surface area (Å²) in [5, 5.41) is 1.94. The topological polar surface area (TPSA) is 46.2 Å². The molecule has 0 radical (unpaired) electrons. The van der Waals surface area contributed by atoms with E-state index in [1.807, 2.05) is 17.5 Å². The maximum absolute atomic E-state index is 13.2. The van der Waals surface area contributed by atoms with Crippen molar-refractivity contribution in [2.45, 2.75) is 4.90 Å². The number of halogens is 1. The van der Waals surface area contributed by atoms with Crippen molar-refractivity contribution in [3.05, 3.63) is 82.3 Å². The molecule has 6 heteroatoms. The van der Waals surface area contributed by atoms with Crippen LogP contribution < -0.4 is 4.72 Å². The summed E-state index contributed by atoms with van der Waals surface area (Å²) < 4.78 is 40.3. The second kappa shape index (κ2) is 6.87. The average molecular weight is 357 g/mol. The molecule has 0 saturated carbocycles. The normalized spacial score (nSPS) is 10.7. The van der Waals surface area contributed by atoms with Crippen LogP contribution in [0.3, 0.4) is 0 Å². The highest BCUT2D eigenvalue weighted by Crippen LogP contribution is 2.18. The van der Waals surface area contributed by atoms with Crippen LogP contribution >= 0.6 is 11.3 Å². The van der Waals surface area contributed by atoms with Gasteiger partial charge in [0, 0.05) is 5.56 Å². The number of benzene rings is 2. The van der Waals surface area contributed by atoms with Crippen molar-refractivity contribution in [1.29, 1.82) is 0 Å². The van der Waals surface area contributed by atoms with Gasteiger partial charge in [0.25, 0.3) is 10.0 Å². The molecule has 1 aromatic heterocycles. The van der Waals surface area contributed by atoms with Crippen LogP contribution in [0.4, 0.5) is 10.1 Å². The number of sulfonamides is 1. The maximum atomic E-state index is 13.2. The summed E-state index contributed by atoms with van der Waals surface area (Å²) in [6.07, 6.45) is 0. The molecule has 120 valence electrons. The number of anilines is 1. The molecular weight excluding hydrogens is 345 g/mol. The van der Waals surface area contributed by atoms with E-state index < -0.39 is 15.8 Å². The molecule has 0 amide bonds. The molecule has 0 saturated heterocycles. The fraction of sp³-hybridized carbons (Fsp3) is 0. The maximum Gasteiger partial charge on any atom is 0.261 e. The first-order chi connectivity index (χ1) is 11.5. The molecule has 3 rings (SSSR count). The second-order valence-corrected chi connectivity index (χ2v) is 7.50. The second-order valence-electron chi connectivity index (χ2n) is 4.87. The van der Waals surface area contributed by atoms with Crippen molar-refractivity contribution in [2.24, 2.45) is 0 Å². The Hall–Kier alpha value is -2.62. The highest BCUT2D eigenvalue weighted by atomic mass is 32.2. The Morgan fingerprint density at radius 3 is 2.54 bits per heavy atom. The Bertz CT molecular complexity index is 1020. The number of nitrogens with one attached hydrogen (secondary N) is 1. The lowest BCUT2D eigenvalue weighted by Crippen LogP contribution is -2.13. The van der Waals surface area contributed by atoms with Crippen LogP contribution in [0.15, 0.2) is 70.9 Å². The van der Waals surface area contributed by atoms with E-state index in [1.165, 1.54) is 29.5 Å². The molecule has 0 atom stereocenters. The number of hydrogen-bond acceptors (Lipinski definition) is 3. The van der Waals surface area contributed by atoms with Crippen molar-refractivity contribution < 1.29 is 12.8 Å². The largest absolute Gasteiger partial charge is 0.280 e. The Morgan fingerprint density at radius 1 is 0.958 bits per heavy atom. The quantitative estimate of drug-likeness (QED) is 0.718. The van der Waals surface area contributed by atoms with Gasteiger partial charge >= 0.3 is 0 Å². The van der Waals surface area contributed by atoms with Gasteiger partial charge in [0.2, 0.25) is 0 Å². The summed E-state index contributed by atoms with van der Waals surface area (Å²) in [6, 6.07) is 15.4. The number of rotatable bonds is 3. The molecule has 2 aromatic carbocycles. The van der Waals surface area contributed by atoms with Crippen LogP contribution in [0.25, 0.3) is 0 Å². The molecule has 0 fully saturated rings. The summed E-state index contributed by atoms with van der Waals surface area (Å²) in [5.41, 5.74) is 1.06. The van der Waals surface area contributed by atoms with E-state index in [-0.39, 0.29) is 4.90 Å². The zero-order chi connectivity index (χ0) is 17.0. The van der Waals surface area contributed by atoms with E-state index in [0.29, 0.717) is 11.3 Å². The monoisotopic (exact) mass is 357 g/mol. The fourth-order valence-corrected chi connectivity index (χ4v) is 3.64. The van der Waals surface area contributed by atoms with Crippen LogP contribution in [-0.4, -0.2) is 8.42 Å². The van der Waals surface area contributed by atoms with Gasteiger partial charge in [-0.1, -0.05) is 30.0 Å². The van der Waals surface area contributed by atoms with Gasteiger partial charge in [0.15, 0.2) is 0 Å². The first-order valence-electron chi connectivity index (χ1n) is 6.97. The molecule has 0 bridgehead atoms. The average Bonchev–Trinajstić information content (AvgIpc) is 3.06.